The van der Waals surface area contributed by atoms with Crippen LogP contribution in [0.5, 0.6) is 0 Å². The summed E-state index contributed by atoms with van der Waals surface area (Å²) in [6.45, 7) is 5.51. The molecule has 3 aromatic heterocycles. The van der Waals surface area contributed by atoms with Gasteiger partial charge in [-0.2, -0.15) is 14.8 Å². The lowest BCUT2D eigenvalue weighted by atomic mass is 9.91. The fraction of sp³-hybridized carbons (Fsp3) is 0.394. The number of carbonyl (C=O) groups excluding carboxylic acids is 2. The van der Waals surface area contributed by atoms with Crippen LogP contribution in [0.3, 0.4) is 0 Å². The summed E-state index contributed by atoms with van der Waals surface area (Å²) in [6, 6.07) is 20.5. The Balaban J connectivity index is 1.24. The van der Waals surface area contributed by atoms with E-state index in [0.717, 1.165) is 30.8 Å². The molecule has 0 aliphatic carbocycles. The van der Waals surface area contributed by atoms with E-state index in [4.69, 9.17) is 33.9 Å². The molecule has 0 unspecified atom stereocenters. The maximum Gasteiger partial charge on any atom is 0.293 e. The molecule has 5 aromatic rings. The number of rotatable bonds is 15. The molecule has 50 heavy (non-hydrogen) atoms. The molecule has 0 amide bonds. The number of benzene rings is 2. The molecule has 5 heterocycles. The van der Waals surface area contributed by atoms with E-state index in [1.54, 1.807) is 11.6 Å². The molecule has 0 radical (unpaired) electrons. The van der Waals surface area contributed by atoms with Crippen molar-refractivity contribution in [1.29, 1.82) is 0 Å². The molecule has 7 rings (SSSR count). The Morgan fingerprint density at radius 3 is 2.30 bits per heavy atom. The molecular formula is C33H37N11O6. The standard InChI is InChI=1S/C33H37N11O6/c1-42-40-30(39-41-42)27-26(48-20-45)28(49-21-46)32(50-27)44-19-36-25-29(37-33(38-31(25)44)34-12-13-43-14-16-47-17-15-43)35-18-24(22-8-4-2-5-9-22)23-10-6-3-7-11-23/h2-11,19-21,24,26-28,32H,12-18H2,1H3,(H2,34,35,37,38)/t26-,27+,28-,32-/m1/s1. The molecule has 2 fully saturated rings. The predicted molar refractivity (Wildman–Crippen MR) is 178 cm³/mol. The molecule has 2 saturated heterocycles. The maximum atomic E-state index is 11.7. The van der Waals surface area contributed by atoms with E-state index in [1.165, 1.54) is 11.1 Å². The van der Waals surface area contributed by atoms with E-state index in [0.29, 0.717) is 49.2 Å². The van der Waals surface area contributed by atoms with Gasteiger partial charge in [0.15, 0.2) is 41.5 Å². The lowest BCUT2D eigenvalue weighted by molar-refractivity contribution is -0.151. The van der Waals surface area contributed by atoms with Crippen molar-refractivity contribution >= 4 is 35.9 Å². The Morgan fingerprint density at radius 2 is 1.64 bits per heavy atom. The number of ether oxygens (including phenoxy) is 4. The molecule has 0 saturated carbocycles. The number of fused-ring (bicyclic) bond motifs is 1. The van der Waals surface area contributed by atoms with Gasteiger partial charge < -0.3 is 29.6 Å². The van der Waals surface area contributed by atoms with Gasteiger partial charge in [0.05, 0.1) is 26.6 Å². The summed E-state index contributed by atoms with van der Waals surface area (Å²) in [5.74, 6) is 1.02. The van der Waals surface area contributed by atoms with Crippen molar-refractivity contribution in [2.24, 2.45) is 7.05 Å². The van der Waals surface area contributed by atoms with Gasteiger partial charge in [-0.3, -0.25) is 19.1 Å². The minimum atomic E-state index is -1.09. The van der Waals surface area contributed by atoms with Crippen LogP contribution in [0.4, 0.5) is 11.8 Å². The fourth-order valence-corrected chi connectivity index (χ4v) is 6.36. The number of imidazole rings is 1. The third-order valence-corrected chi connectivity index (χ3v) is 8.78. The van der Waals surface area contributed by atoms with Crippen LogP contribution < -0.4 is 10.6 Å². The first-order valence-corrected chi connectivity index (χ1v) is 16.3. The zero-order valence-corrected chi connectivity index (χ0v) is 27.3. The van der Waals surface area contributed by atoms with Crippen molar-refractivity contribution < 1.29 is 28.5 Å². The lowest BCUT2D eigenvalue weighted by Gasteiger charge is -2.26. The van der Waals surface area contributed by atoms with Crippen LogP contribution in [0, 0.1) is 0 Å². The van der Waals surface area contributed by atoms with Gasteiger partial charge in [-0.05, 0) is 16.3 Å². The van der Waals surface area contributed by atoms with Crippen molar-refractivity contribution in [3.63, 3.8) is 0 Å². The Labute approximate surface area is 286 Å². The highest BCUT2D eigenvalue weighted by molar-refractivity contribution is 5.84. The van der Waals surface area contributed by atoms with Gasteiger partial charge in [0.1, 0.15) is 0 Å². The van der Waals surface area contributed by atoms with Crippen molar-refractivity contribution in [1.82, 2.24) is 44.6 Å². The number of aromatic nitrogens is 8. The highest BCUT2D eigenvalue weighted by Crippen LogP contribution is 2.42. The summed E-state index contributed by atoms with van der Waals surface area (Å²) in [7, 11) is 1.60. The Bertz CT molecular complexity index is 1830. The minimum Gasteiger partial charge on any atom is -0.457 e. The van der Waals surface area contributed by atoms with Crippen molar-refractivity contribution in [3.05, 3.63) is 83.9 Å². The zero-order valence-electron chi connectivity index (χ0n) is 27.3. The average molecular weight is 684 g/mol. The molecule has 4 atom stereocenters. The highest BCUT2D eigenvalue weighted by Gasteiger charge is 2.52. The number of morpholine rings is 1. The lowest BCUT2D eigenvalue weighted by Crippen LogP contribution is -2.39. The largest absolute Gasteiger partial charge is 0.457 e. The predicted octanol–water partition coefficient (Wildman–Crippen LogP) is 1.69. The second-order valence-electron chi connectivity index (χ2n) is 11.8. The number of hydrogen-bond acceptors (Lipinski definition) is 15. The molecule has 2 aliphatic heterocycles. The van der Waals surface area contributed by atoms with Gasteiger partial charge in [0.2, 0.25) is 11.8 Å². The number of hydrogen-bond donors (Lipinski definition) is 2. The Hall–Kier alpha value is -5.52. The Kier molecular flexibility index (Phi) is 10.1. The third-order valence-electron chi connectivity index (χ3n) is 8.78. The van der Waals surface area contributed by atoms with E-state index in [1.807, 2.05) is 36.4 Å². The molecule has 260 valence electrons. The molecule has 17 nitrogen and oxygen atoms in total. The number of anilines is 2. The molecule has 17 heteroatoms. The quantitative estimate of drug-likeness (QED) is 0.152. The first kappa shape index (κ1) is 33.0. The maximum absolute atomic E-state index is 11.7. The van der Waals surface area contributed by atoms with Gasteiger partial charge >= 0.3 is 0 Å². The highest BCUT2D eigenvalue weighted by atomic mass is 16.6. The molecule has 2 aliphatic rings. The molecule has 0 spiro atoms. The molecular weight excluding hydrogens is 646 g/mol. The fourth-order valence-electron chi connectivity index (χ4n) is 6.36. The van der Waals surface area contributed by atoms with E-state index in [9.17, 15) is 9.59 Å². The van der Waals surface area contributed by atoms with E-state index in [2.05, 4.69) is 55.2 Å². The van der Waals surface area contributed by atoms with Crippen LogP contribution in [-0.2, 0) is 35.6 Å². The minimum absolute atomic E-state index is 0.00672. The van der Waals surface area contributed by atoms with Crippen LogP contribution in [-0.4, -0.2) is 116 Å². The Morgan fingerprint density at radius 1 is 0.940 bits per heavy atom. The summed E-state index contributed by atoms with van der Waals surface area (Å²) < 4.78 is 24.3. The first-order chi connectivity index (χ1) is 24.6. The van der Waals surface area contributed by atoms with Crippen LogP contribution in [0.25, 0.3) is 11.2 Å². The summed E-state index contributed by atoms with van der Waals surface area (Å²) in [5.41, 5.74) is 3.15. The van der Waals surface area contributed by atoms with Crippen LogP contribution >= 0.6 is 0 Å². The van der Waals surface area contributed by atoms with Crippen molar-refractivity contribution in [2.75, 3.05) is 56.6 Å². The number of nitrogens with zero attached hydrogens (tertiary/aromatic N) is 9. The van der Waals surface area contributed by atoms with E-state index < -0.39 is 24.5 Å². The van der Waals surface area contributed by atoms with Crippen molar-refractivity contribution in [2.45, 2.75) is 30.5 Å². The van der Waals surface area contributed by atoms with Gasteiger partial charge in [0, 0.05) is 38.6 Å². The molecule has 2 aromatic carbocycles. The summed E-state index contributed by atoms with van der Waals surface area (Å²) in [4.78, 5) is 41.3. The van der Waals surface area contributed by atoms with Crippen LogP contribution in [0.15, 0.2) is 67.0 Å². The smallest absolute Gasteiger partial charge is 0.293 e. The normalized spacial score (nSPS) is 20.9. The summed E-state index contributed by atoms with van der Waals surface area (Å²) in [6.07, 6.45) is -2.65. The van der Waals surface area contributed by atoms with Gasteiger partial charge in [0.25, 0.3) is 12.9 Å². The monoisotopic (exact) mass is 683 g/mol. The van der Waals surface area contributed by atoms with Gasteiger partial charge in [-0.15, -0.1) is 10.2 Å². The average Bonchev–Trinajstić information content (AvgIpc) is 3.87. The number of nitrogens with one attached hydrogen (secondary N) is 2. The number of carbonyl (C=O) groups is 2. The third kappa shape index (κ3) is 7.10. The van der Waals surface area contributed by atoms with Crippen LogP contribution in [0.2, 0.25) is 0 Å². The second-order valence-corrected chi connectivity index (χ2v) is 11.8. The molecule has 2 N–H and O–H groups in total. The van der Waals surface area contributed by atoms with E-state index >= 15 is 0 Å². The van der Waals surface area contributed by atoms with Gasteiger partial charge in [-0.25, -0.2) is 4.98 Å². The number of aryl methyl sites for hydroxylation is 1. The summed E-state index contributed by atoms with van der Waals surface area (Å²) in [5, 5.41) is 19.1. The topological polar surface area (TPSA) is 186 Å². The molecule has 0 bridgehead atoms. The number of tetrazole rings is 1. The zero-order chi connectivity index (χ0) is 34.3. The summed E-state index contributed by atoms with van der Waals surface area (Å²) >= 11 is 0. The van der Waals surface area contributed by atoms with Crippen LogP contribution in [0.1, 0.15) is 35.2 Å². The first-order valence-electron chi connectivity index (χ1n) is 16.3. The van der Waals surface area contributed by atoms with Gasteiger partial charge in [-0.1, -0.05) is 60.7 Å². The SMILES string of the molecule is Cn1nnc([C@H]2O[C@@H](n3cnc4c(NCC(c5ccccc5)c5ccccc5)nc(NCCN5CCOCC5)nc43)[C@H](OC=O)[C@@H]2OC=O)n1. The second kappa shape index (κ2) is 15.4. The van der Waals surface area contributed by atoms with E-state index in [-0.39, 0.29) is 24.7 Å². The van der Waals surface area contributed by atoms with Crippen molar-refractivity contribution in [3.8, 4) is 0 Å².